The van der Waals surface area contributed by atoms with Gasteiger partial charge >= 0.3 is 0 Å². The fourth-order valence-electron chi connectivity index (χ4n) is 1.72. The molecule has 5 heteroatoms. The van der Waals surface area contributed by atoms with E-state index in [2.05, 4.69) is 43.3 Å². The van der Waals surface area contributed by atoms with Crippen molar-refractivity contribution in [1.82, 2.24) is 10.2 Å². The fourth-order valence-corrected chi connectivity index (χ4v) is 2.13. The average Bonchev–Trinajstić information content (AvgIpc) is 2.41. The Hall–Kier alpha value is -1.07. The monoisotopic (exact) mass is 327 g/mol. The second kappa shape index (κ2) is 8.93. The van der Waals surface area contributed by atoms with Crippen LogP contribution in [0.4, 0.5) is 0 Å². The van der Waals surface area contributed by atoms with Gasteiger partial charge in [0.2, 0.25) is 0 Å². The lowest BCUT2D eigenvalue weighted by Gasteiger charge is -2.22. The smallest absolute Gasteiger partial charge is 0.193 e. The molecule has 0 aliphatic heterocycles. The number of ether oxygens (including phenoxy) is 1. The highest BCUT2D eigenvalue weighted by molar-refractivity contribution is 9.10. The van der Waals surface area contributed by atoms with Crippen LogP contribution in [0.3, 0.4) is 0 Å². The van der Waals surface area contributed by atoms with Crippen LogP contribution in [0, 0.1) is 0 Å². The van der Waals surface area contributed by atoms with Gasteiger partial charge in [-0.05, 0) is 18.6 Å². The number of nitrogens with one attached hydrogen (secondary N) is 1. The Bertz CT molecular complexity index is 409. The van der Waals surface area contributed by atoms with Gasteiger partial charge < -0.3 is 15.0 Å². The van der Waals surface area contributed by atoms with Crippen molar-refractivity contribution in [3.8, 4) is 0 Å². The lowest BCUT2D eigenvalue weighted by molar-refractivity contribution is 0.152. The van der Waals surface area contributed by atoms with Gasteiger partial charge in [-0.25, -0.2) is 0 Å². The Labute approximate surface area is 124 Å². The maximum atomic E-state index is 5.30. The number of hydrogen-bond acceptors (Lipinski definition) is 2. The molecule has 1 N–H and O–H groups in total. The Morgan fingerprint density at radius 2 is 2.16 bits per heavy atom. The minimum absolute atomic E-state index is 0.693. The van der Waals surface area contributed by atoms with Crippen LogP contribution < -0.4 is 5.32 Å². The number of guanidine groups is 1. The van der Waals surface area contributed by atoms with E-state index in [1.54, 1.807) is 7.05 Å². The molecule has 1 aromatic rings. The van der Waals surface area contributed by atoms with Crippen molar-refractivity contribution in [3.05, 3.63) is 34.3 Å². The molecule has 0 unspecified atom stereocenters. The van der Waals surface area contributed by atoms with E-state index >= 15 is 0 Å². The minimum atomic E-state index is 0.693. The maximum absolute atomic E-state index is 5.30. The van der Waals surface area contributed by atoms with Gasteiger partial charge in [0.25, 0.3) is 0 Å². The summed E-state index contributed by atoms with van der Waals surface area (Å²) in [6.45, 7) is 5.00. The summed E-state index contributed by atoms with van der Waals surface area (Å²) < 4.78 is 6.42. The van der Waals surface area contributed by atoms with Crippen molar-refractivity contribution in [1.29, 1.82) is 0 Å². The van der Waals surface area contributed by atoms with Crippen LogP contribution in [0.5, 0.6) is 0 Å². The summed E-state index contributed by atoms with van der Waals surface area (Å²) in [5.74, 6) is 0.871. The first-order valence-electron chi connectivity index (χ1n) is 6.42. The molecule has 19 heavy (non-hydrogen) atoms. The first-order valence-corrected chi connectivity index (χ1v) is 7.21. The lowest BCUT2D eigenvalue weighted by Crippen LogP contribution is -2.40. The molecule has 0 radical (unpaired) electrons. The summed E-state index contributed by atoms with van der Waals surface area (Å²) in [5, 5.41) is 3.28. The summed E-state index contributed by atoms with van der Waals surface area (Å²) >= 11 is 3.56. The topological polar surface area (TPSA) is 36.9 Å². The van der Waals surface area contributed by atoms with Gasteiger partial charge in [0, 0.05) is 38.3 Å². The third-order valence-electron chi connectivity index (χ3n) is 2.67. The molecule has 0 heterocycles. The van der Waals surface area contributed by atoms with Gasteiger partial charge in [-0.15, -0.1) is 0 Å². The predicted molar refractivity (Wildman–Crippen MR) is 83.5 cm³/mol. The van der Waals surface area contributed by atoms with E-state index < -0.39 is 0 Å². The van der Waals surface area contributed by atoms with Crippen LogP contribution in [0.1, 0.15) is 12.5 Å². The molecule has 0 amide bonds. The summed E-state index contributed by atoms with van der Waals surface area (Å²) in [4.78, 5) is 6.36. The molecule has 0 aliphatic rings. The van der Waals surface area contributed by atoms with Crippen molar-refractivity contribution >= 4 is 21.9 Å². The molecule has 0 saturated carbocycles. The standard InChI is InChI=1S/C14H22BrN3O/c1-4-19-10-9-17-14(16-2)18(3)11-12-7-5-6-8-13(12)15/h5-8H,4,9-11H2,1-3H3,(H,16,17). The molecule has 106 valence electrons. The van der Waals surface area contributed by atoms with Crippen LogP contribution >= 0.6 is 15.9 Å². The van der Waals surface area contributed by atoms with E-state index in [9.17, 15) is 0 Å². The highest BCUT2D eigenvalue weighted by atomic mass is 79.9. The number of benzene rings is 1. The van der Waals surface area contributed by atoms with Crippen molar-refractivity contribution in [3.63, 3.8) is 0 Å². The summed E-state index contributed by atoms with van der Waals surface area (Å²) in [6.07, 6.45) is 0. The quantitative estimate of drug-likeness (QED) is 0.495. The Morgan fingerprint density at radius 1 is 1.42 bits per heavy atom. The Kier molecular flexibility index (Phi) is 7.52. The van der Waals surface area contributed by atoms with Gasteiger partial charge in [0.15, 0.2) is 5.96 Å². The summed E-state index contributed by atoms with van der Waals surface area (Å²) in [6, 6.07) is 8.21. The zero-order chi connectivity index (χ0) is 14.1. The predicted octanol–water partition coefficient (Wildman–Crippen LogP) is 2.49. The van der Waals surface area contributed by atoms with Crippen LogP contribution in [-0.2, 0) is 11.3 Å². The molecule has 0 bridgehead atoms. The van der Waals surface area contributed by atoms with Gasteiger partial charge in [-0.1, -0.05) is 34.1 Å². The van der Waals surface area contributed by atoms with E-state index in [4.69, 9.17) is 4.74 Å². The molecule has 0 aromatic heterocycles. The zero-order valence-corrected chi connectivity index (χ0v) is 13.4. The molecule has 4 nitrogen and oxygen atoms in total. The first-order chi connectivity index (χ1) is 9.19. The number of rotatable bonds is 6. The normalized spacial score (nSPS) is 11.5. The molecule has 1 rings (SSSR count). The fraction of sp³-hybridized carbons (Fsp3) is 0.500. The van der Waals surface area contributed by atoms with Crippen LogP contribution in [0.15, 0.2) is 33.7 Å². The second-order valence-electron chi connectivity index (χ2n) is 4.12. The molecule has 0 saturated heterocycles. The van der Waals surface area contributed by atoms with Crippen molar-refractivity contribution in [2.45, 2.75) is 13.5 Å². The molecule has 0 aliphatic carbocycles. The highest BCUT2D eigenvalue weighted by Gasteiger charge is 2.07. The number of aliphatic imine (C=N–C) groups is 1. The van der Waals surface area contributed by atoms with Crippen LogP contribution in [0.25, 0.3) is 0 Å². The van der Waals surface area contributed by atoms with Crippen LogP contribution in [0.2, 0.25) is 0 Å². The van der Waals surface area contributed by atoms with E-state index in [-0.39, 0.29) is 0 Å². The molecular weight excluding hydrogens is 306 g/mol. The molecule has 0 spiro atoms. The number of nitrogens with zero attached hydrogens (tertiary/aromatic N) is 2. The Balaban J connectivity index is 2.50. The molecular formula is C14H22BrN3O. The lowest BCUT2D eigenvalue weighted by atomic mass is 10.2. The van der Waals surface area contributed by atoms with E-state index in [0.29, 0.717) is 6.61 Å². The molecule has 1 aromatic carbocycles. The molecule has 0 atom stereocenters. The molecule has 0 fully saturated rings. The second-order valence-corrected chi connectivity index (χ2v) is 4.97. The van der Waals surface area contributed by atoms with Crippen molar-refractivity contribution in [2.75, 3.05) is 33.9 Å². The van der Waals surface area contributed by atoms with Gasteiger partial charge in [-0.2, -0.15) is 0 Å². The summed E-state index contributed by atoms with van der Waals surface area (Å²) in [7, 11) is 3.81. The summed E-state index contributed by atoms with van der Waals surface area (Å²) in [5.41, 5.74) is 1.23. The Morgan fingerprint density at radius 3 is 2.79 bits per heavy atom. The SMILES string of the molecule is CCOCCNC(=NC)N(C)Cc1ccccc1Br. The number of hydrogen-bond donors (Lipinski definition) is 1. The maximum Gasteiger partial charge on any atom is 0.193 e. The average molecular weight is 328 g/mol. The van der Waals surface area contributed by atoms with E-state index in [0.717, 1.165) is 30.1 Å². The minimum Gasteiger partial charge on any atom is -0.380 e. The van der Waals surface area contributed by atoms with Crippen molar-refractivity contribution in [2.24, 2.45) is 4.99 Å². The first kappa shape index (κ1) is 16.0. The third-order valence-corrected chi connectivity index (χ3v) is 3.45. The van der Waals surface area contributed by atoms with Crippen molar-refractivity contribution < 1.29 is 4.74 Å². The van der Waals surface area contributed by atoms with Gasteiger partial charge in [0.1, 0.15) is 0 Å². The van der Waals surface area contributed by atoms with Crippen LogP contribution in [-0.4, -0.2) is 44.7 Å². The van der Waals surface area contributed by atoms with Gasteiger partial charge in [0.05, 0.1) is 6.61 Å². The van der Waals surface area contributed by atoms with E-state index in [1.165, 1.54) is 5.56 Å². The van der Waals surface area contributed by atoms with E-state index in [1.807, 2.05) is 26.1 Å². The number of halogens is 1. The zero-order valence-electron chi connectivity index (χ0n) is 11.8. The largest absolute Gasteiger partial charge is 0.380 e. The third kappa shape index (κ3) is 5.61. The van der Waals surface area contributed by atoms with Gasteiger partial charge in [-0.3, -0.25) is 4.99 Å². The highest BCUT2D eigenvalue weighted by Crippen LogP contribution is 2.17.